The van der Waals surface area contributed by atoms with Gasteiger partial charge in [0.05, 0.1) is 92.1 Å². The Bertz CT molecular complexity index is 1860. The summed E-state index contributed by atoms with van der Waals surface area (Å²) in [6.45, 7) is 18.3. The zero-order chi connectivity index (χ0) is 48.4. The maximum atomic E-state index is 12.8. The highest BCUT2D eigenvalue weighted by molar-refractivity contribution is 5.98. The molecule has 0 bridgehead atoms. The fourth-order valence-electron chi connectivity index (χ4n) is 5.23. The lowest BCUT2D eigenvalue weighted by atomic mass is 10.1. The minimum absolute atomic E-state index is 0.111. The van der Waals surface area contributed by atoms with Crippen LogP contribution in [0.2, 0.25) is 0 Å². The van der Waals surface area contributed by atoms with Crippen LogP contribution in [0.3, 0.4) is 0 Å². The fraction of sp³-hybridized carbons (Fsp3) is 0.578. The van der Waals surface area contributed by atoms with Gasteiger partial charge in [0, 0.05) is 37.3 Å². The van der Waals surface area contributed by atoms with E-state index in [1.165, 1.54) is 0 Å². The van der Waals surface area contributed by atoms with Crippen molar-refractivity contribution < 1.29 is 47.5 Å². The van der Waals surface area contributed by atoms with Gasteiger partial charge in [-0.15, -0.1) is 30.6 Å². The molecule has 21 nitrogen and oxygen atoms in total. The van der Waals surface area contributed by atoms with Crippen LogP contribution in [0, 0.1) is 6.92 Å². The van der Waals surface area contributed by atoms with E-state index in [1.54, 1.807) is 43.0 Å². The molecular formula is C45H71N11O10. The van der Waals surface area contributed by atoms with Crippen molar-refractivity contribution in [1.82, 2.24) is 35.9 Å². The van der Waals surface area contributed by atoms with Gasteiger partial charge in [0.1, 0.15) is 11.4 Å². The highest BCUT2D eigenvalue weighted by Crippen LogP contribution is 2.14. The van der Waals surface area contributed by atoms with Gasteiger partial charge in [0.25, 0.3) is 0 Å². The van der Waals surface area contributed by atoms with E-state index in [0.717, 1.165) is 16.7 Å². The van der Waals surface area contributed by atoms with Gasteiger partial charge in [-0.3, -0.25) is 9.59 Å². The van der Waals surface area contributed by atoms with Crippen molar-refractivity contribution in [3.05, 3.63) is 71.0 Å². The number of nitrogens with one attached hydrogen (secondary N) is 2. The van der Waals surface area contributed by atoms with Gasteiger partial charge in [0.2, 0.25) is 17.6 Å². The van der Waals surface area contributed by atoms with E-state index in [4.69, 9.17) is 44.6 Å². The summed E-state index contributed by atoms with van der Waals surface area (Å²) in [6, 6.07) is 14.5. The smallest absolute Gasteiger partial charge is 0.410 e. The lowest BCUT2D eigenvalue weighted by Gasteiger charge is -2.27. The highest BCUT2D eigenvalue weighted by Gasteiger charge is 2.22. The summed E-state index contributed by atoms with van der Waals surface area (Å²) in [4.78, 5) is 38.9. The number of carbonyl (C=O) groups excluding carboxylic acids is 3. The lowest BCUT2D eigenvalue weighted by molar-refractivity contribution is -0.121. The summed E-state index contributed by atoms with van der Waals surface area (Å²) >= 11 is 0. The van der Waals surface area contributed by atoms with Crippen molar-refractivity contribution in [2.45, 2.75) is 66.9 Å². The van der Waals surface area contributed by atoms with Crippen LogP contribution in [0.25, 0.3) is 11.4 Å². The zero-order valence-electron chi connectivity index (χ0n) is 39.7. The van der Waals surface area contributed by atoms with Gasteiger partial charge in [-0.05, 0) is 45.7 Å². The largest absolute Gasteiger partial charge is 0.444 e. The number of nitrogens with zero attached hydrogens (tertiary/aromatic N) is 7. The first-order valence-corrected chi connectivity index (χ1v) is 22.1. The molecular weight excluding hydrogens is 855 g/mol. The van der Waals surface area contributed by atoms with E-state index in [0.29, 0.717) is 115 Å². The average molecular weight is 926 g/mol. The van der Waals surface area contributed by atoms with Gasteiger partial charge in [-0.1, -0.05) is 62.4 Å². The van der Waals surface area contributed by atoms with Crippen molar-refractivity contribution in [3.63, 3.8) is 0 Å². The molecule has 1 aromatic heterocycles. The molecule has 0 fully saturated rings. The number of carbonyl (C=O) groups is 3. The van der Waals surface area contributed by atoms with Crippen LogP contribution in [-0.4, -0.2) is 166 Å². The van der Waals surface area contributed by atoms with Gasteiger partial charge in [0.15, 0.2) is 11.7 Å². The average Bonchev–Trinajstić information content (AvgIpc) is 3.29. The molecule has 0 atom stereocenters. The lowest BCUT2D eigenvalue weighted by Crippen LogP contribution is -2.40. The van der Waals surface area contributed by atoms with E-state index in [9.17, 15) is 14.4 Å². The van der Waals surface area contributed by atoms with Crippen molar-refractivity contribution in [3.8, 4) is 11.4 Å². The Hall–Kier alpha value is -5.71. The number of aryl methyl sites for hydroxylation is 1. The molecule has 21 heteroatoms. The minimum Gasteiger partial charge on any atom is -0.444 e. The molecule has 3 rings (SSSR count). The summed E-state index contributed by atoms with van der Waals surface area (Å²) < 4.78 is 39.1. The van der Waals surface area contributed by atoms with E-state index < -0.39 is 11.7 Å². The predicted molar refractivity (Wildman–Crippen MR) is 250 cm³/mol. The Kier molecular flexibility index (Phi) is 28.8. The second kappa shape index (κ2) is 33.7. The van der Waals surface area contributed by atoms with Crippen molar-refractivity contribution in [1.29, 1.82) is 0 Å². The second-order valence-corrected chi connectivity index (χ2v) is 15.1. The molecule has 0 aliphatic carbocycles. The van der Waals surface area contributed by atoms with Crippen molar-refractivity contribution >= 4 is 29.6 Å². The third-order valence-electron chi connectivity index (χ3n) is 8.37. The monoisotopic (exact) mass is 926 g/mol. The topological polar surface area (TPSA) is 271 Å². The predicted octanol–water partition coefficient (Wildman–Crippen LogP) is 2.62. The molecule has 6 N–H and O–H groups in total. The summed E-state index contributed by atoms with van der Waals surface area (Å²) in [5.41, 5.74) is 13.8. The maximum Gasteiger partial charge on any atom is 0.410 e. The third-order valence-corrected chi connectivity index (χ3v) is 8.37. The first-order valence-electron chi connectivity index (χ1n) is 22.1. The van der Waals surface area contributed by atoms with Crippen LogP contribution in [0.5, 0.6) is 0 Å². The number of amides is 3. The fourth-order valence-corrected chi connectivity index (χ4v) is 5.23. The molecule has 366 valence electrons. The maximum absolute atomic E-state index is 12.8. The Morgan fingerprint density at radius 2 is 1.02 bits per heavy atom. The van der Waals surface area contributed by atoms with Gasteiger partial charge < -0.3 is 60.2 Å². The molecule has 0 aliphatic rings. The SMILES string of the molecule is C/C(N)=N/N=C(\N)c1ccc(CC(=O)NCCOCCOCCOCCN(CCOCCOCCOCCNC(=O)Cc2ccc(-c3nnc(C)nn3)cc2)C(=O)OC(C)(C)C)cc1.CC. The van der Waals surface area contributed by atoms with Crippen LogP contribution in [0.4, 0.5) is 4.79 Å². The standard InChI is InChI=1S/C43H65N11O10.C2H6/c1-32(44)48-51-40(45)36-10-6-34(7-11-36)30-38(55)46-14-18-58-22-26-62-28-24-60-20-16-54(42(57)64-43(3,4)5)17-21-61-25-29-63-27-23-59-19-15-47-39(56)31-35-8-12-37(13-9-35)41-52-49-33(2)50-53-41;1-2/h6-13H,14-31H2,1-5H3,(H2,44,48)(H2,45,51)(H,46,55)(H,47,56);1-2H3. The molecule has 1 heterocycles. The Morgan fingerprint density at radius 1 is 0.606 bits per heavy atom. The molecule has 3 aromatic rings. The number of aromatic nitrogens is 4. The number of ether oxygens (including phenoxy) is 7. The number of rotatable bonds is 31. The molecule has 3 amide bonds. The highest BCUT2D eigenvalue weighted by atomic mass is 16.6. The van der Waals surface area contributed by atoms with Crippen molar-refractivity contribution in [2.75, 3.05) is 105 Å². The van der Waals surface area contributed by atoms with Crippen LogP contribution in [0.15, 0.2) is 58.7 Å². The van der Waals surface area contributed by atoms with Crippen LogP contribution in [-0.2, 0) is 55.6 Å². The summed E-state index contributed by atoms with van der Waals surface area (Å²) in [7, 11) is 0. The quantitative estimate of drug-likeness (QED) is 0.0313. The zero-order valence-corrected chi connectivity index (χ0v) is 39.7. The third kappa shape index (κ3) is 26.9. The molecule has 0 spiro atoms. The molecule has 0 saturated heterocycles. The second-order valence-electron chi connectivity index (χ2n) is 15.1. The Labute approximate surface area is 388 Å². The number of hydrogen-bond donors (Lipinski definition) is 4. The molecule has 2 aromatic carbocycles. The first-order chi connectivity index (χ1) is 31.8. The van der Waals surface area contributed by atoms with E-state index in [2.05, 4.69) is 41.2 Å². The number of hydrogen-bond acceptors (Lipinski definition) is 16. The summed E-state index contributed by atoms with van der Waals surface area (Å²) in [5, 5.41) is 29.1. The van der Waals surface area contributed by atoms with Crippen LogP contribution < -0.4 is 22.1 Å². The van der Waals surface area contributed by atoms with Crippen molar-refractivity contribution in [2.24, 2.45) is 21.7 Å². The van der Waals surface area contributed by atoms with E-state index >= 15 is 0 Å². The number of benzene rings is 2. The normalized spacial score (nSPS) is 11.7. The summed E-state index contributed by atoms with van der Waals surface area (Å²) in [6.07, 6.45) is -0.00261. The number of nitrogens with two attached hydrogens (primary N) is 2. The molecule has 0 aliphatic heterocycles. The van der Waals surface area contributed by atoms with E-state index in [-0.39, 0.29) is 43.7 Å². The van der Waals surface area contributed by atoms with Gasteiger partial charge >= 0.3 is 6.09 Å². The van der Waals surface area contributed by atoms with E-state index in [1.807, 2.05) is 58.9 Å². The molecule has 66 heavy (non-hydrogen) atoms. The summed E-state index contributed by atoms with van der Waals surface area (Å²) in [5.74, 6) is 1.22. The Morgan fingerprint density at radius 3 is 1.44 bits per heavy atom. The Balaban J connectivity index is 0.00000737. The van der Waals surface area contributed by atoms with Gasteiger partial charge in [-0.2, -0.15) is 0 Å². The molecule has 0 radical (unpaired) electrons. The molecule has 0 unspecified atom stereocenters. The van der Waals surface area contributed by atoms with Gasteiger partial charge in [-0.25, -0.2) is 4.79 Å². The number of amidine groups is 2. The first kappa shape index (κ1) is 56.4. The van der Waals surface area contributed by atoms with Crippen LogP contribution in [0.1, 0.15) is 64.1 Å². The van der Waals surface area contributed by atoms with Crippen LogP contribution >= 0.6 is 0 Å². The minimum atomic E-state index is -0.650. The molecule has 0 saturated carbocycles.